The van der Waals surface area contributed by atoms with E-state index in [0.717, 1.165) is 18.4 Å². The van der Waals surface area contributed by atoms with E-state index in [0.29, 0.717) is 5.92 Å². The van der Waals surface area contributed by atoms with Gasteiger partial charge in [-0.15, -0.1) is 0 Å². The lowest BCUT2D eigenvalue weighted by molar-refractivity contribution is 0.291. The van der Waals surface area contributed by atoms with Crippen LogP contribution in [0.15, 0.2) is 24.5 Å². The second-order valence-electron chi connectivity index (χ2n) is 3.81. The maximum Gasteiger partial charge on any atom is 0.0271 e. The summed E-state index contributed by atoms with van der Waals surface area (Å²) in [4.78, 5) is 6.34. The average Bonchev–Trinajstić information content (AvgIpc) is 2.19. The molecule has 0 bridgehead atoms. The Morgan fingerprint density at radius 1 is 1.43 bits per heavy atom. The fraction of sp³-hybridized carbons (Fsp3) is 0.545. The summed E-state index contributed by atoms with van der Waals surface area (Å²) in [7, 11) is 2.15. The molecule has 78 valence electrons. The van der Waals surface area contributed by atoms with Gasteiger partial charge in [-0.1, -0.05) is 22.9 Å². The number of alkyl halides is 1. The van der Waals surface area contributed by atoms with E-state index >= 15 is 0 Å². The SMILES string of the molecule is CC(CBr)CN(C)Cc1ccncc1. The molecule has 1 rings (SSSR count). The number of halogens is 1. The summed E-state index contributed by atoms with van der Waals surface area (Å²) in [5.41, 5.74) is 1.32. The summed E-state index contributed by atoms with van der Waals surface area (Å²) in [6.45, 7) is 4.37. The van der Waals surface area contributed by atoms with Crippen molar-refractivity contribution in [3.63, 3.8) is 0 Å². The van der Waals surface area contributed by atoms with Crippen LogP contribution in [-0.2, 0) is 6.54 Å². The molecule has 0 amide bonds. The molecule has 3 heteroatoms. The minimum absolute atomic E-state index is 0.696. The molecule has 0 spiro atoms. The van der Waals surface area contributed by atoms with Crippen molar-refractivity contribution >= 4 is 15.9 Å². The quantitative estimate of drug-likeness (QED) is 0.753. The molecule has 0 aromatic carbocycles. The Kier molecular flexibility index (Phi) is 5.12. The molecule has 0 N–H and O–H groups in total. The monoisotopic (exact) mass is 256 g/mol. The normalized spacial score (nSPS) is 13.1. The molecule has 0 saturated carbocycles. The van der Waals surface area contributed by atoms with Crippen LogP contribution in [0.2, 0.25) is 0 Å². The molecule has 0 saturated heterocycles. The number of aromatic nitrogens is 1. The second-order valence-corrected chi connectivity index (χ2v) is 4.46. The van der Waals surface area contributed by atoms with Crippen LogP contribution < -0.4 is 0 Å². The molecule has 0 fully saturated rings. The maximum absolute atomic E-state index is 4.00. The summed E-state index contributed by atoms with van der Waals surface area (Å²) >= 11 is 3.49. The van der Waals surface area contributed by atoms with Crippen molar-refractivity contribution in [2.45, 2.75) is 13.5 Å². The van der Waals surface area contributed by atoms with E-state index < -0.39 is 0 Å². The highest BCUT2D eigenvalue weighted by atomic mass is 79.9. The van der Waals surface area contributed by atoms with Crippen molar-refractivity contribution in [2.24, 2.45) is 5.92 Å². The van der Waals surface area contributed by atoms with Gasteiger partial charge < -0.3 is 4.90 Å². The van der Waals surface area contributed by atoms with Crippen LogP contribution in [0.3, 0.4) is 0 Å². The van der Waals surface area contributed by atoms with Crippen molar-refractivity contribution < 1.29 is 0 Å². The highest BCUT2D eigenvalue weighted by Crippen LogP contribution is 2.06. The standard InChI is InChI=1S/C11H17BrN2/c1-10(7-12)8-14(2)9-11-3-5-13-6-4-11/h3-6,10H,7-9H2,1-2H3. The predicted octanol–water partition coefficient (Wildman–Crippen LogP) is 2.54. The Labute approximate surface area is 94.5 Å². The lowest BCUT2D eigenvalue weighted by Crippen LogP contribution is -2.24. The van der Waals surface area contributed by atoms with E-state index in [1.807, 2.05) is 12.4 Å². The van der Waals surface area contributed by atoms with Gasteiger partial charge in [0, 0.05) is 30.8 Å². The fourth-order valence-electron chi connectivity index (χ4n) is 1.45. The summed E-state index contributed by atoms with van der Waals surface area (Å²) in [5.74, 6) is 0.696. The van der Waals surface area contributed by atoms with Crippen LogP contribution in [-0.4, -0.2) is 28.8 Å². The number of hydrogen-bond acceptors (Lipinski definition) is 2. The highest BCUT2D eigenvalue weighted by molar-refractivity contribution is 9.09. The van der Waals surface area contributed by atoms with Crippen molar-refractivity contribution in [3.8, 4) is 0 Å². The first kappa shape index (κ1) is 11.7. The zero-order valence-electron chi connectivity index (χ0n) is 8.78. The zero-order chi connectivity index (χ0) is 10.4. The second kappa shape index (κ2) is 6.14. The van der Waals surface area contributed by atoms with Crippen LogP contribution in [0, 0.1) is 5.92 Å². The van der Waals surface area contributed by atoms with Gasteiger partial charge in [-0.3, -0.25) is 4.98 Å². The third kappa shape index (κ3) is 4.20. The van der Waals surface area contributed by atoms with Crippen molar-refractivity contribution in [1.82, 2.24) is 9.88 Å². The van der Waals surface area contributed by atoms with E-state index in [4.69, 9.17) is 0 Å². The average molecular weight is 257 g/mol. The Morgan fingerprint density at radius 3 is 2.64 bits per heavy atom. The number of rotatable bonds is 5. The summed E-state index contributed by atoms with van der Waals surface area (Å²) in [6, 6.07) is 4.13. The Hall–Kier alpha value is -0.410. The van der Waals surface area contributed by atoms with E-state index in [1.54, 1.807) is 0 Å². The first-order chi connectivity index (χ1) is 6.72. The van der Waals surface area contributed by atoms with Gasteiger partial charge in [-0.05, 0) is 30.7 Å². The molecule has 0 aliphatic rings. The molecule has 0 aliphatic heterocycles. The highest BCUT2D eigenvalue weighted by Gasteiger charge is 2.05. The van der Waals surface area contributed by atoms with Gasteiger partial charge in [0.2, 0.25) is 0 Å². The van der Waals surface area contributed by atoms with E-state index in [9.17, 15) is 0 Å². The number of pyridine rings is 1. The van der Waals surface area contributed by atoms with Crippen LogP contribution in [0.1, 0.15) is 12.5 Å². The van der Waals surface area contributed by atoms with Crippen molar-refractivity contribution in [3.05, 3.63) is 30.1 Å². The van der Waals surface area contributed by atoms with E-state index in [-0.39, 0.29) is 0 Å². The third-order valence-corrected chi connectivity index (χ3v) is 3.19. The fourth-order valence-corrected chi connectivity index (χ4v) is 1.65. The van der Waals surface area contributed by atoms with E-state index in [2.05, 4.69) is 51.9 Å². The van der Waals surface area contributed by atoms with Gasteiger partial charge in [0.25, 0.3) is 0 Å². The smallest absolute Gasteiger partial charge is 0.0271 e. The molecule has 0 radical (unpaired) electrons. The number of hydrogen-bond donors (Lipinski definition) is 0. The van der Waals surface area contributed by atoms with Gasteiger partial charge in [0.05, 0.1) is 0 Å². The molecular weight excluding hydrogens is 240 g/mol. The first-order valence-electron chi connectivity index (χ1n) is 4.85. The topological polar surface area (TPSA) is 16.1 Å². The minimum Gasteiger partial charge on any atom is -0.302 e. The Morgan fingerprint density at radius 2 is 2.07 bits per heavy atom. The van der Waals surface area contributed by atoms with Crippen LogP contribution in [0.25, 0.3) is 0 Å². The molecule has 1 heterocycles. The van der Waals surface area contributed by atoms with Gasteiger partial charge in [-0.25, -0.2) is 0 Å². The lowest BCUT2D eigenvalue weighted by Gasteiger charge is -2.19. The molecule has 1 aromatic heterocycles. The molecule has 1 aromatic rings. The molecule has 1 atom stereocenters. The van der Waals surface area contributed by atoms with Gasteiger partial charge in [0.15, 0.2) is 0 Å². The van der Waals surface area contributed by atoms with Crippen LogP contribution in [0.4, 0.5) is 0 Å². The Balaban J connectivity index is 2.37. The largest absolute Gasteiger partial charge is 0.302 e. The summed E-state index contributed by atoms with van der Waals surface area (Å²) in [5, 5.41) is 1.06. The van der Waals surface area contributed by atoms with Crippen LogP contribution >= 0.6 is 15.9 Å². The van der Waals surface area contributed by atoms with Gasteiger partial charge in [-0.2, -0.15) is 0 Å². The maximum atomic E-state index is 4.00. The molecular formula is C11H17BrN2. The van der Waals surface area contributed by atoms with Crippen molar-refractivity contribution in [1.29, 1.82) is 0 Å². The third-order valence-electron chi connectivity index (χ3n) is 2.09. The summed E-state index contributed by atoms with van der Waals surface area (Å²) < 4.78 is 0. The van der Waals surface area contributed by atoms with Gasteiger partial charge in [0.1, 0.15) is 0 Å². The minimum atomic E-state index is 0.696. The van der Waals surface area contributed by atoms with Gasteiger partial charge >= 0.3 is 0 Å². The van der Waals surface area contributed by atoms with Crippen LogP contribution in [0.5, 0.6) is 0 Å². The molecule has 0 aliphatic carbocycles. The zero-order valence-corrected chi connectivity index (χ0v) is 10.4. The summed E-state index contributed by atoms with van der Waals surface area (Å²) in [6.07, 6.45) is 3.69. The predicted molar refractivity (Wildman–Crippen MR) is 63.5 cm³/mol. The number of nitrogens with zero attached hydrogens (tertiary/aromatic N) is 2. The molecule has 1 unspecified atom stereocenters. The molecule has 14 heavy (non-hydrogen) atoms. The molecule has 2 nitrogen and oxygen atoms in total. The first-order valence-corrected chi connectivity index (χ1v) is 5.98. The van der Waals surface area contributed by atoms with E-state index in [1.165, 1.54) is 5.56 Å². The Bertz CT molecular complexity index is 251. The lowest BCUT2D eigenvalue weighted by atomic mass is 10.2. The van der Waals surface area contributed by atoms with Crippen molar-refractivity contribution in [2.75, 3.05) is 18.9 Å².